The SMILES string of the molecule is c1csc(-c2cccc3[nH]c(C4=NCCc5ccc(-c6cn[nH]c6)nc54)nc23)c1. The third-order valence-corrected chi connectivity index (χ3v) is 6.07. The zero-order valence-corrected chi connectivity index (χ0v) is 16.2. The highest BCUT2D eigenvalue weighted by molar-refractivity contribution is 7.13. The highest BCUT2D eigenvalue weighted by Gasteiger charge is 2.22. The molecule has 6 rings (SSSR count). The zero-order chi connectivity index (χ0) is 19.2. The molecule has 2 N–H and O–H groups in total. The second-order valence-corrected chi connectivity index (χ2v) is 7.88. The van der Waals surface area contributed by atoms with Gasteiger partial charge in [0.05, 0.1) is 28.6 Å². The molecule has 140 valence electrons. The second-order valence-electron chi connectivity index (χ2n) is 6.94. The molecule has 5 heterocycles. The summed E-state index contributed by atoms with van der Waals surface area (Å²) in [4.78, 5) is 19.3. The maximum Gasteiger partial charge on any atom is 0.159 e. The van der Waals surface area contributed by atoms with Crippen molar-refractivity contribution >= 4 is 28.1 Å². The lowest BCUT2D eigenvalue weighted by molar-refractivity contribution is 0.922. The minimum absolute atomic E-state index is 0.740. The normalized spacial score (nSPS) is 13.4. The van der Waals surface area contributed by atoms with E-state index in [0.29, 0.717) is 0 Å². The van der Waals surface area contributed by atoms with E-state index in [0.717, 1.165) is 58.0 Å². The third kappa shape index (κ3) is 2.70. The number of aromatic amines is 2. The number of H-pyrrole nitrogens is 2. The molecule has 0 saturated carbocycles. The summed E-state index contributed by atoms with van der Waals surface area (Å²) in [6.07, 6.45) is 4.52. The van der Waals surface area contributed by atoms with Crippen LogP contribution >= 0.6 is 11.3 Å². The van der Waals surface area contributed by atoms with Crippen LogP contribution in [0.25, 0.3) is 32.7 Å². The monoisotopic (exact) mass is 396 g/mol. The van der Waals surface area contributed by atoms with Gasteiger partial charge in [-0.15, -0.1) is 11.3 Å². The van der Waals surface area contributed by atoms with Gasteiger partial charge in [0.15, 0.2) is 5.82 Å². The molecule has 29 heavy (non-hydrogen) atoms. The summed E-state index contributed by atoms with van der Waals surface area (Å²) >= 11 is 1.72. The Morgan fingerprint density at radius 1 is 1.00 bits per heavy atom. The molecule has 0 aliphatic carbocycles. The van der Waals surface area contributed by atoms with Crippen LogP contribution in [0.1, 0.15) is 17.1 Å². The van der Waals surface area contributed by atoms with Gasteiger partial charge >= 0.3 is 0 Å². The van der Waals surface area contributed by atoms with Gasteiger partial charge in [-0.1, -0.05) is 24.3 Å². The number of hydrogen-bond acceptors (Lipinski definition) is 5. The molecular formula is C22H16N6S. The largest absolute Gasteiger partial charge is 0.337 e. The summed E-state index contributed by atoms with van der Waals surface area (Å²) < 4.78 is 0. The van der Waals surface area contributed by atoms with E-state index in [9.17, 15) is 0 Å². The predicted molar refractivity (Wildman–Crippen MR) is 115 cm³/mol. The summed E-state index contributed by atoms with van der Waals surface area (Å²) in [6.45, 7) is 0.740. The van der Waals surface area contributed by atoms with Crippen molar-refractivity contribution in [3.8, 4) is 21.7 Å². The highest BCUT2D eigenvalue weighted by Crippen LogP contribution is 2.31. The standard InChI is InChI=1S/C22H16N6S/c1-3-15(18-5-2-10-29-18)20-17(4-1)27-22(28-20)21-19-13(8-9-23-21)6-7-16(26-19)14-11-24-25-12-14/h1-7,10-12H,8-9H2,(H,24,25)(H,27,28). The van der Waals surface area contributed by atoms with E-state index in [2.05, 4.69) is 57.0 Å². The molecule has 0 atom stereocenters. The number of hydrogen-bond donors (Lipinski definition) is 2. The van der Waals surface area contributed by atoms with Crippen LogP contribution < -0.4 is 0 Å². The molecule has 1 aromatic carbocycles. The van der Waals surface area contributed by atoms with Gasteiger partial charge in [0.2, 0.25) is 0 Å². The van der Waals surface area contributed by atoms with Crippen molar-refractivity contribution in [3.05, 3.63) is 77.3 Å². The molecule has 0 saturated heterocycles. The van der Waals surface area contributed by atoms with Gasteiger partial charge in [-0.3, -0.25) is 10.1 Å². The van der Waals surface area contributed by atoms with E-state index in [-0.39, 0.29) is 0 Å². The Morgan fingerprint density at radius 3 is 2.86 bits per heavy atom. The van der Waals surface area contributed by atoms with Crippen LogP contribution in [0.2, 0.25) is 0 Å². The topological polar surface area (TPSA) is 82.6 Å². The smallest absolute Gasteiger partial charge is 0.159 e. The number of nitrogens with one attached hydrogen (secondary N) is 2. The Kier molecular flexibility index (Phi) is 3.67. The number of para-hydroxylation sites is 1. The zero-order valence-electron chi connectivity index (χ0n) is 15.4. The van der Waals surface area contributed by atoms with Crippen molar-refractivity contribution in [1.82, 2.24) is 25.1 Å². The fourth-order valence-corrected chi connectivity index (χ4v) is 4.52. The number of thiophene rings is 1. The summed E-state index contributed by atoms with van der Waals surface area (Å²) in [6, 6.07) is 14.6. The average Bonchev–Trinajstić information content (AvgIpc) is 3.54. The molecule has 1 aliphatic rings. The van der Waals surface area contributed by atoms with Crippen molar-refractivity contribution in [2.24, 2.45) is 4.99 Å². The van der Waals surface area contributed by atoms with Crippen molar-refractivity contribution < 1.29 is 0 Å². The van der Waals surface area contributed by atoms with E-state index < -0.39 is 0 Å². The fraction of sp³-hybridized carbons (Fsp3) is 0.0909. The molecule has 4 aromatic heterocycles. The Morgan fingerprint density at radius 2 is 2.00 bits per heavy atom. The molecule has 7 heteroatoms. The molecule has 1 aliphatic heterocycles. The fourth-order valence-electron chi connectivity index (χ4n) is 3.77. The molecule has 0 bridgehead atoms. The Bertz CT molecular complexity index is 1350. The van der Waals surface area contributed by atoms with Crippen LogP contribution in [0.4, 0.5) is 0 Å². The lowest BCUT2D eigenvalue weighted by Gasteiger charge is -2.15. The predicted octanol–water partition coefficient (Wildman–Crippen LogP) is 4.47. The third-order valence-electron chi connectivity index (χ3n) is 5.17. The first-order valence-electron chi connectivity index (χ1n) is 9.44. The molecule has 0 amide bonds. The van der Waals surface area contributed by atoms with Crippen molar-refractivity contribution in [3.63, 3.8) is 0 Å². The van der Waals surface area contributed by atoms with Crippen molar-refractivity contribution in [2.75, 3.05) is 6.54 Å². The van der Waals surface area contributed by atoms with Gasteiger partial charge in [-0.2, -0.15) is 5.10 Å². The minimum atomic E-state index is 0.740. The van der Waals surface area contributed by atoms with E-state index in [4.69, 9.17) is 15.0 Å². The lowest BCUT2D eigenvalue weighted by Crippen LogP contribution is -2.17. The number of imidazole rings is 1. The highest BCUT2D eigenvalue weighted by atomic mass is 32.1. The maximum atomic E-state index is 4.95. The van der Waals surface area contributed by atoms with Gasteiger partial charge in [0.25, 0.3) is 0 Å². The number of nitrogens with zero attached hydrogens (tertiary/aromatic N) is 4. The first kappa shape index (κ1) is 16.4. The van der Waals surface area contributed by atoms with E-state index in [1.807, 2.05) is 12.3 Å². The van der Waals surface area contributed by atoms with Crippen LogP contribution in [0.15, 0.2) is 65.2 Å². The molecule has 5 aromatic rings. The van der Waals surface area contributed by atoms with Crippen molar-refractivity contribution in [2.45, 2.75) is 6.42 Å². The Hall–Kier alpha value is -3.58. The lowest BCUT2D eigenvalue weighted by atomic mass is 10.0. The number of fused-ring (bicyclic) bond motifs is 2. The van der Waals surface area contributed by atoms with E-state index in [1.54, 1.807) is 17.5 Å². The van der Waals surface area contributed by atoms with E-state index in [1.165, 1.54) is 10.4 Å². The summed E-state index contributed by atoms with van der Waals surface area (Å²) in [5, 5.41) is 8.98. The molecular weight excluding hydrogens is 380 g/mol. The number of aromatic nitrogens is 5. The molecule has 0 spiro atoms. The number of rotatable bonds is 3. The van der Waals surface area contributed by atoms with Gasteiger partial charge in [0, 0.05) is 28.7 Å². The average molecular weight is 396 g/mol. The van der Waals surface area contributed by atoms with Gasteiger partial charge < -0.3 is 4.98 Å². The number of benzene rings is 1. The second kappa shape index (κ2) is 6.49. The van der Waals surface area contributed by atoms with E-state index >= 15 is 0 Å². The number of pyridine rings is 1. The van der Waals surface area contributed by atoms with Gasteiger partial charge in [0.1, 0.15) is 5.71 Å². The summed E-state index contributed by atoms with van der Waals surface area (Å²) in [7, 11) is 0. The van der Waals surface area contributed by atoms with Crippen LogP contribution in [0.5, 0.6) is 0 Å². The van der Waals surface area contributed by atoms with Gasteiger partial charge in [-0.05, 0) is 35.6 Å². The first-order valence-corrected chi connectivity index (χ1v) is 10.3. The van der Waals surface area contributed by atoms with Crippen LogP contribution in [-0.2, 0) is 6.42 Å². The Labute approximate surface area is 170 Å². The van der Waals surface area contributed by atoms with Crippen LogP contribution in [0.3, 0.4) is 0 Å². The van der Waals surface area contributed by atoms with Crippen molar-refractivity contribution in [1.29, 1.82) is 0 Å². The molecule has 6 nitrogen and oxygen atoms in total. The Balaban J connectivity index is 1.50. The number of aliphatic imine (C=N–C) groups is 1. The van der Waals surface area contributed by atoms with Crippen LogP contribution in [-0.4, -0.2) is 37.4 Å². The summed E-state index contributed by atoms with van der Waals surface area (Å²) in [5.41, 5.74) is 7.86. The quantitative estimate of drug-likeness (QED) is 0.472. The first-order chi connectivity index (χ1) is 14.4. The molecule has 0 unspecified atom stereocenters. The summed E-state index contributed by atoms with van der Waals surface area (Å²) in [5.74, 6) is 0.766. The van der Waals surface area contributed by atoms with Gasteiger partial charge in [-0.25, -0.2) is 9.97 Å². The maximum absolute atomic E-state index is 4.95. The van der Waals surface area contributed by atoms with Crippen LogP contribution in [0, 0.1) is 0 Å². The molecule has 0 fully saturated rings. The molecule has 0 radical (unpaired) electrons. The minimum Gasteiger partial charge on any atom is -0.337 e.